The van der Waals surface area contributed by atoms with E-state index in [1.807, 2.05) is 0 Å². The van der Waals surface area contributed by atoms with Crippen molar-refractivity contribution in [1.29, 1.82) is 0 Å². The van der Waals surface area contributed by atoms with E-state index >= 15 is 0 Å². The Hall–Kier alpha value is -2.12. The first-order chi connectivity index (χ1) is 7.43. The lowest BCUT2D eigenvalue weighted by molar-refractivity contribution is -0.140. The van der Waals surface area contributed by atoms with Gasteiger partial charge < -0.3 is 16.2 Å². The molecule has 1 rings (SSSR count). The summed E-state index contributed by atoms with van der Waals surface area (Å²) in [5.41, 5.74) is 5.25. The smallest absolute Gasteiger partial charge is 0.326 e. The second-order valence-corrected chi connectivity index (χ2v) is 3.59. The van der Waals surface area contributed by atoms with Crippen molar-refractivity contribution in [2.45, 2.75) is 19.9 Å². The van der Waals surface area contributed by atoms with Crippen molar-refractivity contribution in [2.75, 3.05) is 5.73 Å². The van der Waals surface area contributed by atoms with Crippen molar-refractivity contribution < 1.29 is 14.7 Å². The summed E-state index contributed by atoms with van der Waals surface area (Å²) in [6, 6.07) is -0.983. The van der Waals surface area contributed by atoms with Gasteiger partial charge in [-0.1, -0.05) is 13.8 Å². The van der Waals surface area contributed by atoms with Crippen LogP contribution in [0.5, 0.6) is 0 Å². The maximum Gasteiger partial charge on any atom is 0.326 e. The second kappa shape index (κ2) is 4.60. The van der Waals surface area contributed by atoms with Gasteiger partial charge in [0.15, 0.2) is 11.5 Å². The number of H-pyrrole nitrogens is 1. The number of hydrogen-bond acceptors (Lipinski definition) is 5. The van der Waals surface area contributed by atoms with E-state index in [9.17, 15) is 9.59 Å². The van der Waals surface area contributed by atoms with Crippen LogP contribution in [-0.4, -0.2) is 38.4 Å². The van der Waals surface area contributed by atoms with E-state index in [0.29, 0.717) is 0 Å². The van der Waals surface area contributed by atoms with Crippen LogP contribution in [0.4, 0.5) is 5.82 Å². The number of carbonyl (C=O) groups is 2. The van der Waals surface area contributed by atoms with Gasteiger partial charge in [0, 0.05) is 0 Å². The summed E-state index contributed by atoms with van der Waals surface area (Å²) in [4.78, 5) is 22.4. The molecule has 1 aromatic rings. The monoisotopic (exact) mass is 227 g/mol. The van der Waals surface area contributed by atoms with Gasteiger partial charge in [-0.15, -0.1) is 10.2 Å². The zero-order valence-electron chi connectivity index (χ0n) is 8.89. The van der Waals surface area contributed by atoms with Crippen LogP contribution in [-0.2, 0) is 4.79 Å². The summed E-state index contributed by atoms with van der Waals surface area (Å²) < 4.78 is 0. The number of nitrogens with one attached hydrogen (secondary N) is 2. The van der Waals surface area contributed by atoms with E-state index in [-0.39, 0.29) is 17.4 Å². The largest absolute Gasteiger partial charge is 0.480 e. The Morgan fingerprint density at radius 1 is 1.44 bits per heavy atom. The highest BCUT2D eigenvalue weighted by Crippen LogP contribution is 2.06. The van der Waals surface area contributed by atoms with Gasteiger partial charge in [0.25, 0.3) is 5.91 Å². The highest BCUT2D eigenvalue weighted by Gasteiger charge is 2.25. The van der Waals surface area contributed by atoms with Crippen LogP contribution in [0.15, 0.2) is 0 Å². The van der Waals surface area contributed by atoms with Crippen LogP contribution in [0, 0.1) is 5.92 Å². The van der Waals surface area contributed by atoms with Crippen LogP contribution in [0.3, 0.4) is 0 Å². The first kappa shape index (κ1) is 12.0. The number of carboxylic acid groups (broad SMARTS) is 1. The lowest BCUT2D eigenvalue weighted by Gasteiger charge is -2.16. The predicted molar refractivity (Wildman–Crippen MR) is 54.5 cm³/mol. The Morgan fingerprint density at radius 3 is 2.44 bits per heavy atom. The average molecular weight is 227 g/mol. The Balaban J connectivity index is 2.77. The molecule has 1 heterocycles. The van der Waals surface area contributed by atoms with Crippen molar-refractivity contribution in [3.63, 3.8) is 0 Å². The van der Waals surface area contributed by atoms with Gasteiger partial charge in [-0.25, -0.2) is 4.79 Å². The van der Waals surface area contributed by atoms with Crippen LogP contribution < -0.4 is 11.1 Å². The third-order valence-corrected chi connectivity index (χ3v) is 2.01. The Labute approximate surface area is 91.2 Å². The van der Waals surface area contributed by atoms with Gasteiger partial charge in [-0.3, -0.25) is 4.79 Å². The Morgan fingerprint density at radius 2 is 2.06 bits per heavy atom. The molecule has 1 aromatic heterocycles. The maximum absolute atomic E-state index is 11.6. The Bertz CT molecular complexity index is 400. The van der Waals surface area contributed by atoms with E-state index in [2.05, 4.69) is 20.7 Å². The highest BCUT2D eigenvalue weighted by molar-refractivity contribution is 5.98. The lowest BCUT2D eigenvalue weighted by atomic mass is 10.0. The summed E-state index contributed by atoms with van der Waals surface area (Å²) in [5.74, 6) is -2.07. The summed E-state index contributed by atoms with van der Waals surface area (Å²) >= 11 is 0. The molecular weight excluding hydrogens is 214 g/mol. The standard InChI is InChI=1S/C8H13N5O3/c1-3(2)4(8(15)16)10-7(14)5-6(9)12-13-11-5/h3-4H,1-2H3,(H,10,14)(H,15,16)(H3,9,11,12,13). The van der Waals surface area contributed by atoms with Crippen molar-refractivity contribution in [1.82, 2.24) is 20.7 Å². The molecule has 0 aliphatic rings. The SMILES string of the molecule is CC(C)C(NC(=O)c1n[nH]nc1N)C(=O)O. The summed E-state index contributed by atoms with van der Waals surface area (Å²) in [6.07, 6.45) is 0. The first-order valence-electron chi connectivity index (χ1n) is 4.63. The maximum atomic E-state index is 11.6. The molecule has 5 N–H and O–H groups in total. The summed E-state index contributed by atoms with van der Waals surface area (Å²) in [7, 11) is 0. The number of nitrogens with two attached hydrogens (primary N) is 1. The minimum Gasteiger partial charge on any atom is -0.480 e. The fourth-order valence-electron chi connectivity index (χ4n) is 1.13. The molecule has 1 atom stereocenters. The van der Waals surface area contributed by atoms with Crippen molar-refractivity contribution in [3.05, 3.63) is 5.69 Å². The molecule has 8 heteroatoms. The van der Waals surface area contributed by atoms with E-state index in [1.54, 1.807) is 13.8 Å². The lowest BCUT2D eigenvalue weighted by Crippen LogP contribution is -2.44. The number of carboxylic acids is 1. The molecule has 0 spiro atoms. The van der Waals surface area contributed by atoms with Crippen LogP contribution in [0.2, 0.25) is 0 Å². The fourth-order valence-corrected chi connectivity index (χ4v) is 1.13. The predicted octanol–water partition coefficient (Wildman–Crippen LogP) is -0.774. The molecule has 0 saturated heterocycles. The van der Waals surface area contributed by atoms with E-state index in [1.165, 1.54) is 0 Å². The number of nitrogen functional groups attached to an aromatic ring is 1. The topological polar surface area (TPSA) is 134 Å². The Kier molecular flexibility index (Phi) is 3.44. The number of aliphatic carboxylic acids is 1. The number of carbonyl (C=O) groups excluding carboxylic acids is 1. The van der Waals surface area contributed by atoms with Gasteiger partial charge in [0.2, 0.25) is 0 Å². The number of aromatic amines is 1. The number of anilines is 1. The van der Waals surface area contributed by atoms with Gasteiger partial charge in [0.1, 0.15) is 6.04 Å². The molecule has 0 aromatic carbocycles. The third-order valence-electron chi connectivity index (χ3n) is 2.01. The van der Waals surface area contributed by atoms with E-state index in [4.69, 9.17) is 10.8 Å². The molecule has 0 saturated carbocycles. The van der Waals surface area contributed by atoms with E-state index < -0.39 is 17.9 Å². The van der Waals surface area contributed by atoms with Gasteiger partial charge >= 0.3 is 5.97 Å². The minimum atomic E-state index is -1.11. The molecule has 88 valence electrons. The second-order valence-electron chi connectivity index (χ2n) is 3.59. The molecule has 1 unspecified atom stereocenters. The van der Waals surface area contributed by atoms with Gasteiger partial charge in [-0.05, 0) is 5.92 Å². The molecule has 0 bridgehead atoms. The van der Waals surface area contributed by atoms with Crippen molar-refractivity contribution in [3.8, 4) is 0 Å². The average Bonchev–Trinajstić information content (AvgIpc) is 2.59. The fraction of sp³-hybridized carbons (Fsp3) is 0.500. The van der Waals surface area contributed by atoms with Gasteiger partial charge in [-0.2, -0.15) is 5.21 Å². The molecule has 0 fully saturated rings. The van der Waals surface area contributed by atoms with Crippen molar-refractivity contribution >= 4 is 17.7 Å². The van der Waals surface area contributed by atoms with Crippen LogP contribution in [0.1, 0.15) is 24.3 Å². The number of hydrogen-bond donors (Lipinski definition) is 4. The minimum absolute atomic E-state index is 0.0644. The van der Waals surface area contributed by atoms with Gasteiger partial charge in [0.05, 0.1) is 0 Å². The summed E-state index contributed by atoms with van der Waals surface area (Å²) in [5, 5.41) is 20.4. The summed E-state index contributed by atoms with van der Waals surface area (Å²) in [6.45, 7) is 3.37. The quantitative estimate of drug-likeness (QED) is 0.533. The zero-order valence-corrected chi connectivity index (χ0v) is 8.89. The molecule has 0 aliphatic heterocycles. The van der Waals surface area contributed by atoms with Crippen LogP contribution >= 0.6 is 0 Å². The molecule has 8 nitrogen and oxygen atoms in total. The van der Waals surface area contributed by atoms with Crippen molar-refractivity contribution in [2.24, 2.45) is 5.92 Å². The highest BCUT2D eigenvalue weighted by atomic mass is 16.4. The number of aromatic nitrogens is 3. The number of nitrogens with zero attached hydrogens (tertiary/aromatic N) is 2. The third kappa shape index (κ3) is 2.47. The van der Waals surface area contributed by atoms with E-state index in [0.717, 1.165) is 0 Å². The number of rotatable bonds is 4. The van der Waals surface area contributed by atoms with Crippen LogP contribution in [0.25, 0.3) is 0 Å². The normalized spacial score (nSPS) is 12.4. The molecule has 0 radical (unpaired) electrons. The molecule has 1 amide bonds. The number of amides is 1. The molecule has 0 aliphatic carbocycles. The molecule has 16 heavy (non-hydrogen) atoms. The first-order valence-corrected chi connectivity index (χ1v) is 4.63. The zero-order chi connectivity index (χ0) is 12.3. The molecular formula is C8H13N5O3.